The number of hydrogen-bond donors (Lipinski definition) is 2. The predicted molar refractivity (Wildman–Crippen MR) is 73.8 cm³/mol. The lowest BCUT2D eigenvalue weighted by molar-refractivity contribution is -0.121. The Kier molecular flexibility index (Phi) is 7.96. The fourth-order valence-corrected chi connectivity index (χ4v) is 1.76. The lowest BCUT2D eigenvalue weighted by Gasteiger charge is -2.15. The summed E-state index contributed by atoms with van der Waals surface area (Å²) in [6.45, 7) is 2.61. The number of carbonyl (C=O) groups excluding carboxylic acids is 1. The first kappa shape index (κ1) is 16.2. The summed E-state index contributed by atoms with van der Waals surface area (Å²) in [5.41, 5.74) is 0.946. The zero-order valence-corrected chi connectivity index (χ0v) is 11.6. The van der Waals surface area contributed by atoms with Crippen molar-refractivity contribution in [3.63, 3.8) is 0 Å². The van der Waals surface area contributed by atoms with Gasteiger partial charge in [0.25, 0.3) is 0 Å². The number of amides is 1. The van der Waals surface area contributed by atoms with Crippen LogP contribution in [-0.2, 0) is 4.79 Å². The molecule has 17 heavy (non-hydrogen) atoms. The van der Waals surface area contributed by atoms with Gasteiger partial charge < -0.3 is 10.6 Å². The lowest BCUT2D eigenvalue weighted by atomic mass is 10.1. The van der Waals surface area contributed by atoms with Crippen LogP contribution in [0.15, 0.2) is 24.3 Å². The molecule has 0 radical (unpaired) electrons. The van der Waals surface area contributed by atoms with E-state index in [9.17, 15) is 4.79 Å². The Morgan fingerprint density at radius 3 is 2.65 bits per heavy atom. The Labute approximate surface area is 113 Å². The Morgan fingerprint density at radius 1 is 1.41 bits per heavy atom. The van der Waals surface area contributed by atoms with E-state index in [1.165, 1.54) is 0 Å². The Bertz CT molecular complexity index is 358. The summed E-state index contributed by atoms with van der Waals surface area (Å²) in [6, 6.07) is 7.48. The zero-order valence-electron chi connectivity index (χ0n) is 10.00. The van der Waals surface area contributed by atoms with Gasteiger partial charge in [-0.2, -0.15) is 0 Å². The minimum atomic E-state index is -0.0574. The summed E-state index contributed by atoms with van der Waals surface area (Å²) < 4.78 is 0. The van der Waals surface area contributed by atoms with Gasteiger partial charge in [0.05, 0.1) is 6.04 Å². The van der Waals surface area contributed by atoms with E-state index in [2.05, 4.69) is 10.6 Å². The second-order valence-electron chi connectivity index (χ2n) is 3.66. The number of rotatable bonds is 5. The quantitative estimate of drug-likeness (QED) is 0.868. The fraction of sp³-hybridized carbons (Fsp3) is 0.417. The molecule has 1 rings (SSSR count). The van der Waals surface area contributed by atoms with E-state index in [-0.39, 0.29) is 24.4 Å². The van der Waals surface area contributed by atoms with Crippen LogP contribution in [-0.4, -0.2) is 19.5 Å². The van der Waals surface area contributed by atoms with Crippen molar-refractivity contribution in [3.8, 4) is 0 Å². The molecule has 1 unspecified atom stereocenters. The largest absolute Gasteiger partial charge is 0.349 e. The molecule has 2 N–H and O–H groups in total. The second kappa shape index (κ2) is 8.34. The van der Waals surface area contributed by atoms with Gasteiger partial charge in [-0.3, -0.25) is 4.79 Å². The van der Waals surface area contributed by atoms with E-state index in [0.717, 1.165) is 5.56 Å². The van der Waals surface area contributed by atoms with Gasteiger partial charge in [0.1, 0.15) is 0 Å². The molecule has 96 valence electrons. The molecule has 0 aliphatic heterocycles. The number of halogens is 2. The highest BCUT2D eigenvalue weighted by molar-refractivity contribution is 6.31. The minimum Gasteiger partial charge on any atom is -0.349 e. The molecule has 0 fully saturated rings. The van der Waals surface area contributed by atoms with Crippen molar-refractivity contribution in [2.45, 2.75) is 19.4 Å². The van der Waals surface area contributed by atoms with Gasteiger partial charge in [0.2, 0.25) is 5.91 Å². The van der Waals surface area contributed by atoms with Gasteiger partial charge in [0, 0.05) is 18.0 Å². The summed E-state index contributed by atoms with van der Waals surface area (Å²) in [5, 5.41) is 6.53. The van der Waals surface area contributed by atoms with Crippen LogP contribution in [0.4, 0.5) is 0 Å². The fourth-order valence-electron chi connectivity index (χ4n) is 1.46. The van der Waals surface area contributed by atoms with E-state index in [0.29, 0.717) is 18.0 Å². The molecule has 1 amide bonds. The molecule has 0 saturated carbocycles. The Hall–Kier alpha value is -0.770. The molecule has 0 saturated heterocycles. The molecule has 0 aliphatic carbocycles. The summed E-state index contributed by atoms with van der Waals surface area (Å²) in [4.78, 5) is 11.5. The maximum atomic E-state index is 11.5. The average molecular weight is 277 g/mol. The van der Waals surface area contributed by atoms with E-state index in [4.69, 9.17) is 11.6 Å². The summed E-state index contributed by atoms with van der Waals surface area (Å²) >= 11 is 6.04. The topological polar surface area (TPSA) is 41.1 Å². The summed E-state index contributed by atoms with van der Waals surface area (Å²) in [6.07, 6.45) is 0.477. The first-order valence-electron chi connectivity index (χ1n) is 5.33. The van der Waals surface area contributed by atoms with E-state index < -0.39 is 0 Å². The normalized spacial score (nSPS) is 11.5. The first-order valence-corrected chi connectivity index (χ1v) is 5.71. The highest BCUT2D eigenvalue weighted by atomic mass is 35.5. The third kappa shape index (κ3) is 5.39. The molecule has 3 nitrogen and oxygen atoms in total. The molecule has 1 aromatic carbocycles. The van der Waals surface area contributed by atoms with Gasteiger partial charge in [-0.05, 0) is 25.6 Å². The van der Waals surface area contributed by atoms with E-state index in [1.807, 2.05) is 38.2 Å². The standard InChI is InChI=1S/C12H17ClN2O.ClH/c1-9(15-12(16)7-8-14-2)10-5-3-4-6-11(10)13;/h3-6,9,14H,7-8H2,1-2H3,(H,15,16);1H. The number of carbonyl (C=O) groups is 1. The van der Waals surface area contributed by atoms with Crippen molar-refractivity contribution in [2.75, 3.05) is 13.6 Å². The molecule has 5 heteroatoms. The molecule has 0 aliphatic rings. The maximum Gasteiger partial charge on any atom is 0.221 e. The minimum absolute atomic E-state index is 0. The van der Waals surface area contributed by atoms with Crippen LogP contribution in [0.2, 0.25) is 5.02 Å². The molecule has 0 heterocycles. The second-order valence-corrected chi connectivity index (χ2v) is 4.07. The van der Waals surface area contributed by atoms with Gasteiger partial charge in [-0.15, -0.1) is 12.4 Å². The highest BCUT2D eigenvalue weighted by Gasteiger charge is 2.11. The maximum absolute atomic E-state index is 11.5. The monoisotopic (exact) mass is 276 g/mol. The lowest BCUT2D eigenvalue weighted by Crippen LogP contribution is -2.29. The molecule has 1 atom stereocenters. The van der Waals surface area contributed by atoms with Crippen LogP contribution in [0.5, 0.6) is 0 Å². The van der Waals surface area contributed by atoms with Crippen LogP contribution in [0, 0.1) is 0 Å². The number of hydrogen-bond acceptors (Lipinski definition) is 2. The highest BCUT2D eigenvalue weighted by Crippen LogP contribution is 2.21. The van der Waals surface area contributed by atoms with Crippen LogP contribution < -0.4 is 10.6 Å². The third-order valence-electron chi connectivity index (χ3n) is 2.35. The zero-order chi connectivity index (χ0) is 12.0. The molecule has 0 bridgehead atoms. The first-order chi connectivity index (χ1) is 7.65. The Balaban J connectivity index is 0.00000256. The van der Waals surface area contributed by atoms with Gasteiger partial charge in [0.15, 0.2) is 0 Å². The van der Waals surface area contributed by atoms with Gasteiger partial charge in [-0.1, -0.05) is 29.8 Å². The molecular formula is C12H18Cl2N2O. The van der Waals surface area contributed by atoms with E-state index in [1.54, 1.807) is 0 Å². The number of nitrogens with one attached hydrogen (secondary N) is 2. The smallest absolute Gasteiger partial charge is 0.221 e. The van der Waals surface area contributed by atoms with Crippen molar-refractivity contribution in [1.82, 2.24) is 10.6 Å². The SMILES string of the molecule is CNCCC(=O)NC(C)c1ccccc1Cl.Cl. The summed E-state index contributed by atoms with van der Waals surface area (Å²) in [5.74, 6) is 0.0294. The molecule has 0 spiro atoms. The average Bonchev–Trinajstić information content (AvgIpc) is 2.26. The molecule has 1 aromatic rings. The number of benzene rings is 1. The van der Waals surface area contributed by atoms with E-state index >= 15 is 0 Å². The van der Waals surface area contributed by atoms with Gasteiger partial charge in [-0.25, -0.2) is 0 Å². The van der Waals surface area contributed by atoms with Crippen LogP contribution in [0.25, 0.3) is 0 Å². The van der Waals surface area contributed by atoms with Crippen molar-refractivity contribution >= 4 is 29.9 Å². The third-order valence-corrected chi connectivity index (χ3v) is 2.70. The Morgan fingerprint density at radius 2 is 2.06 bits per heavy atom. The van der Waals surface area contributed by atoms with Crippen molar-refractivity contribution < 1.29 is 4.79 Å². The summed E-state index contributed by atoms with van der Waals surface area (Å²) in [7, 11) is 1.82. The van der Waals surface area contributed by atoms with Crippen LogP contribution in [0.1, 0.15) is 24.9 Å². The predicted octanol–water partition coefficient (Wildman–Crippen LogP) is 2.55. The molecule has 0 aromatic heterocycles. The van der Waals surface area contributed by atoms with Gasteiger partial charge >= 0.3 is 0 Å². The van der Waals surface area contributed by atoms with Crippen molar-refractivity contribution in [2.24, 2.45) is 0 Å². The van der Waals surface area contributed by atoms with Crippen molar-refractivity contribution in [1.29, 1.82) is 0 Å². The van der Waals surface area contributed by atoms with Crippen LogP contribution in [0.3, 0.4) is 0 Å². The molecular weight excluding hydrogens is 259 g/mol. The van der Waals surface area contributed by atoms with Crippen molar-refractivity contribution in [3.05, 3.63) is 34.9 Å². The van der Waals surface area contributed by atoms with Crippen LogP contribution >= 0.6 is 24.0 Å².